The first-order valence-corrected chi connectivity index (χ1v) is 6.69. The van der Waals surface area contributed by atoms with Crippen molar-refractivity contribution < 1.29 is 0 Å². The Hall–Kier alpha value is -1.09. The molecule has 3 nitrogen and oxygen atoms in total. The average molecular weight is 235 g/mol. The fraction of sp³-hybridized carbons (Fsp3) is 0.643. The van der Waals surface area contributed by atoms with Crippen molar-refractivity contribution in [1.29, 1.82) is 0 Å². The number of rotatable bonds is 7. The molecular formula is C14H25N3. The number of hydrogen-bond donors (Lipinski definition) is 1. The first-order valence-electron chi connectivity index (χ1n) is 6.69. The lowest BCUT2D eigenvalue weighted by molar-refractivity contribution is 0.691. The highest BCUT2D eigenvalue weighted by Gasteiger charge is 2.07. The van der Waals surface area contributed by atoms with Crippen LogP contribution < -0.4 is 10.6 Å². The molecule has 1 atom stereocenters. The third-order valence-corrected chi connectivity index (χ3v) is 2.95. The largest absolute Gasteiger partial charge is 0.357 e. The van der Waals surface area contributed by atoms with E-state index in [0.29, 0.717) is 0 Å². The summed E-state index contributed by atoms with van der Waals surface area (Å²) in [4.78, 5) is 6.87. The number of nitrogens with two attached hydrogens (primary N) is 1. The van der Waals surface area contributed by atoms with Gasteiger partial charge in [0.1, 0.15) is 5.82 Å². The van der Waals surface area contributed by atoms with Crippen LogP contribution in [-0.2, 0) is 0 Å². The van der Waals surface area contributed by atoms with E-state index in [2.05, 4.69) is 42.8 Å². The molecule has 0 fully saturated rings. The molecule has 1 rings (SSSR count). The quantitative estimate of drug-likeness (QED) is 0.789. The van der Waals surface area contributed by atoms with Gasteiger partial charge >= 0.3 is 0 Å². The first-order chi connectivity index (χ1) is 8.22. The summed E-state index contributed by atoms with van der Waals surface area (Å²) in [6.45, 7) is 8.63. The second-order valence-electron chi connectivity index (χ2n) is 4.45. The molecule has 0 aliphatic rings. The number of anilines is 1. The molecule has 0 saturated carbocycles. The summed E-state index contributed by atoms with van der Waals surface area (Å²) >= 11 is 0. The molecule has 0 bridgehead atoms. The Labute approximate surface area is 105 Å². The van der Waals surface area contributed by atoms with Gasteiger partial charge in [0, 0.05) is 25.3 Å². The van der Waals surface area contributed by atoms with Crippen LogP contribution in [0.5, 0.6) is 0 Å². The zero-order chi connectivity index (χ0) is 12.7. The zero-order valence-corrected chi connectivity index (χ0v) is 11.3. The molecule has 0 radical (unpaired) electrons. The summed E-state index contributed by atoms with van der Waals surface area (Å²) < 4.78 is 0. The van der Waals surface area contributed by atoms with Crippen molar-refractivity contribution >= 4 is 5.82 Å². The average Bonchev–Trinajstić information content (AvgIpc) is 2.38. The van der Waals surface area contributed by atoms with Gasteiger partial charge in [-0.05, 0) is 30.9 Å². The second-order valence-corrected chi connectivity index (χ2v) is 4.45. The molecule has 0 aliphatic heterocycles. The molecule has 0 aliphatic carbocycles. The molecule has 3 heteroatoms. The van der Waals surface area contributed by atoms with Crippen molar-refractivity contribution in [2.45, 2.75) is 46.1 Å². The summed E-state index contributed by atoms with van der Waals surface area (Å²) in [6.07, 6.45) is 5.17. The smallest absolute Gasteiger partial charge is 0.128 e. The fourth-order valence-electron chi connectivity index (χ4n) is 1.92. The summed E-state index contributed by atoms with van der Waals surface area (Å²) in [5, 5.41) is 0. The number of pyridine rings is 1. The summed E-state index contributed by atoms with van der Waals surface area (Å²) in [5.41, 5.74) is 7.11. The Morgan fingerprint density at radius 1 is 1.18 bits per heavy atom. The molecular weight excluding hydrogens is 210 g/mol. The minimum Gasteiger partial charge on any atom is -0.357 e. The normalized spacial score (nSPS) is 12.5. The van der Waals surface area contributed by atoms with Gasteiger partial charge in [-0.3, -0.25) is 0 Å². The van der Waals surface area contributed by atoms with Gasteiger partial charge in [0.05, 0.1) is 0 Å². The van der Waals surface area contributed by atoms with E-state index in [0.717, 1.165) is 43.7 Å². The molecule has 2 N–H and O–H groups in total. The van der Waals surface area contributed by atoms with Crippen LogP contribution in [0.1, 0.15) is 51.6 Å². The first kappa shape index (κ1) is 14.0. The van der Waals surface area contributed by atoms with E-state index in [1.54, 1.807) is 0 Å². The lowest BCUT2D eigenvalue weighted by Crippen LogP contribution is -2.25. The van der Waals surface area contributed by atoms with Gasteiger partial charge in [-0.15, -0.1) is 0 Å². The number of aromatic nitrogens is 1. The maximum atomic E-state index is 5.98. The molecule has 1 aromatic rings. The summed E-state index contributed by atoms with van der Waals surface area (Å²) in [6, 6.07) is 4.31. The number of hydrogen-bond acceptors (Lipinski definition) is 3. The molecule has 1 heterocycles. The van der Waals surface area contributed by atoms with Crippen LogP contribution in [0.3, 0.4) is 0 Å². The van der Waals surface area contributed by atoms with Gasteiger partial charge in [-0.25, -0.2) is 4.98 Å². The van der Waals surface area contributed by atoms with Crippen LogP contribution in [0.25, 0.3) is 0 Å². The molecule has 1 aromatic heterocycles. The van der Waals surface area contributed by atoms with Crippen LogP contribution in [-0.4, -0.2) is 18.1 Å². The number of nitrogens with zero attached hydrogens (tertiary/aromatic N) is 2. The monoisotopic (exact) mass is 235 g/mol. The lowest BCUT2D eigenvalue weighted by Gasteiger charge is -2.23. The maximum absolute atomic E-state index is 5.98. The minimum atomic E-state index is 0.113. The van der Waals surface area contributed by atoms with E-state index < -0.39 is 0 Å². The van der Waals surface area contributed by atoms with Crippen LogP contribution in [0.2, 0.25) is 0 Å². The van der Waals surface area contributed by atoms with Crippen LogP contribution in [0.4, 0.5) is 5.82 Å². The standard InChI is InChI=1S/C14H25N3/c1-4-9-17(10-5-2)14-8-7-12(11-16-14)13(15)6-3/h7-8,11,13H,4-6,9-10,15H2,1-3H3/t13-/m0/s1. The highest BCUT2D eigenvalue weighted by molar-refractivity contribution is 5.39. The fourth-order valence-corrected chi connectivity index (χ4v) is 1.92. The molecule has 96 valence electrons. The van der Waals surface area contributed by atoms with Crippen molar-refractivity contribution in [3.63, 3.8) is 0 Å². The molecule has 0 unspecified atom stereocenters. The van der Waals surface area contributed by atoms with Gasteiger partial charge in [0.15, 0.2) is 0 Å². The van der Waals surface area contributed by atoms with Gasteiger partial charge in [0.25, 0.3) is 0 Å². The van der Waals surface area contributed by atoms with Crippen LogP contribution in [0, 0.1) is 0 Å². The van der Waals surface area contributed by atoms with E-state index in [1.807, 2.05) is 6.20 Å². The Kier molecular flexibility index (Phi) is 5.98. The molecule has 0 spiro atoms. The lowest BCUT2D eigenvalue weighted by atomic mass is 10.1. The Morgan fingerprint density at radius 2 is 1.82 bits per heavy atom. The minimum absolute atomic E-state index is 0.113. The molecule has 0 saturated heterocycles. The third-order valence-electron chi connectivity index (χ3n) is 2.95. The highest BCUT2D eigenvalue weighted by Crippen LogP contribution is 2.17. The van der Waals surface area contributed by atoms with E-state index in [1.165, 1.54) is 0 Å². The van der Waals surface area contributed by atoms with Crippen molar-refractivity contribution in [2.24, 2.45) is 5.73 Å². The van der Waals surface area contributed by atoms with Crippen LogP contribution >= 0.6 is 0 Å². The van der Waals surface area contributed by atoms with Gasteiger partial charge in [-0.2, -0.15) is 0 Å². The van der Waals surface area contributed by atoms with E-state index in [-0.39, 0.29) is 6.04 Å². The van der Waals surface area contributed by atoms with Crippen molar-refractivity contribution in [3.05, 3.63) is 23.9 Å². The Balaban J connectivity index is 2.76. The zero-order valence-electron chi connectivity index (χ0n) is 11.3. The van der Waals surface area contributed by atoms with Crippen molar-refractivity contribution in [3.8, 4) is 0 Å². The van der Waals surface area contributed by atoms with Crippen molar-refractivity contribution in [2.75, 3.05) is 18.0 Å². The van der Waals surface area contributed by atoms with Gasteiger partial charge in [0.2, 0.25) is 0 Å². The van der Waals surface area contributed by atoms with Gasteiger partial charge in [-0.1, -0.05) is 26.8 Å². The van der Waals surface area contributed by atoms with E-state index in [9.17, 15) is 0 Å². The summed E-state index contributed by atoms with van der Waals surface area (Å²) in [7, 11) is 0. The maximum Gasteiger partial charge on any atom is 0.128 e. The predicted molar refractivity (Wildman–Crippen MR) is 74.3 cm³/mol. The Bertz CT molecular complexity index is 302. The SMILES string of the molecule is CCCN(CCC)c1ccc([C@@H](N)CC)cn1. The molecule has 17 heavy (non-hydrogen) atoms. The third kappa shape index (κ3) is 4.00. The highest BCUT2D eigenvalue weighted by atomic mass is 15.2. The van der Waals surface area contributed by atoms with Crippen LogP contribution in [0.15, 0.2) is 18.3 Å². The van der Waals surface area contributed by atoms with Gasteiger partial charge < -0.3 is 10.6 Å². The van der Waals surface area contributed by atoms with E-state index >= 15 is 0 Å². The van der Waals surface area contributed by atoms with E-state index in [4.69, 9.17) is 5.73 Å². The molecule has 0 aromatic carbocycles. The predicted octanol–water partition coefficient (Wildman–Crippen LogP) is 3.12. The molecule has 0 amide bonds. The topological polar surface area (TPSA) is 42.1 Å². The summed E-state index contributed by atoms with van der Waals surface area (Å²) in [5.74, 6) is 1.07. The second kappa shape index (κ2) is 7.28. The van der Waals surface area contributed by atoms with Crippen molar-refractivity contribution in [1.82, 2.24) is 4.98 Å². The Morgan fingerprint density at radius 3 is 2.24 bits per heavy atom.